The number of hydrogen-bond donors (Lipinski definition) is 0. The van der Waals surface area contributed by atoms with Gasteiger partial charge in [-0.1, -0.05) is 45.4 Å². The molecule has 0 N–H and O–H groups in total. The molecule has 0 fully saturated rings. The van der Waals surface area contributed by atoms with E-state index in [1.165, 1.54) is 56.9 Å². The molecule has 0 aliphatic carbocycles. The fourth-order valence-corrected chi connectivity index (χ4v) is 2.27. The van der Waals surface area contributed by atoms with Gasteiger partial charge in [-0.15, -0.1) is 0 Å². The van der Waals surface area contributed by atoms with Gasteiger partial charge in [0.2, 0.25) is 0 Å². The Labute approximate surface area is 113 Å². The second kappa shape index (κ2) is 9.13. The van der Waals surface area contributed by atoms with E-state index in [1.54, 1.807) is 0 Å². The number of nitrogens with zero attached hydrogens (tertiary/aromatic N) is 1. The van der Waals surface area contributed by atoms with Crippen molar-refractivity contribution < 1.29 is 4.57 Å². The van der Waals surface area contributed by atoms with Crippen LogP contribution in [0.5, 0.6) is 0 Å². The Bertz CT molecular complexity index is 300. The molecule has 1 heteroatoms. The predicted octanol–water partition coefficient (Wildman–Crippen LogP) is 4.85. The summed E-state index contributed by atoms with van der Waals surface area (Å²) in [4.78, 5) is 0. The van der Waals surface area contributed by atoms with E-state index in [0.29, 0.717) is 6.04 Å². The predicted molar refractivity (Wildman–Crippen MR) is 78.7 cm³/mol. The molecule has 0 amide bonds. The topological polar surface area (TPSA) is 3.88 Å². The summed E-state index contributed by atoms with van der Waals surface area (Å²) in [5, 5.41) is 0. The quantitative estimate of drug-likeness (QED) is 0.434. The standard InChI is InChI=1S/C17H30N/c1-4-5-6-7-8-9-10-11-17-12-14-18(15-13-17)16(2)3/h12-16H,4-11H2,1-3H3/q+1. The first-order valence-corrected chi connectivity index (χ1v) is 7.73. The maximum atomic E-state index is 2.28. The minimum absolute atomic E-state index is 0.567. The third kappa shape index (κ3) is 6.18. The number of aromatic nitrogens is 1. The maximum Gasteiger partial charge on any atom is 0.169 e. The summed E-state index contributed by atoms with van der Waals surface area (Å²) in [7, 11) is 0. The van der Waals surface area contributed by atoms with Gasteiger partial charge in [0, 0.05) is 12.1 Å². The molecule has 1 aromatic rings. The van der Waals surface area contributed by atoms with Gasteiger partial charge in [0.25, 0.3) is 0 Å². The molecule has 1 nitrogen and oxygen atoms in total. The molecule has 0 unspecified atom stereocenters. The summed E-state index contributed by atoms with van der Waals surface area (Å²) in [6.07, 6.45) is 15.4. The highest BCUT2D eigenvalue weighted by atomic mass is 15.0. The van der Waals surface area contributed by atoms with Crippen molar-refractivity contribution in [1.82, 2.24) is 0 Å². The van der Waals surface area contributed by atoms with Crippen LogP contribution in [0.4, 0.5) is 0 Å². The Morgan fingerprint density at radius 1 is 0.889 bits per heavy atom. The lowest BCUT2D eigenvalue weighted by Gasteiger charge is -2.03. The van der Waals surface area contributed by atoms with Crippen LogP contribution in [0.2, 0.25) is 0 Å². The van der Waals surface area contributed by atoms with E-state index in [2.05, 4.69) is 49.9 Å². The minimum Gasteiger partial charge on any atom is -0.203 e. The van der Waals surface area contributed by atoms with E-state index in [4.69, 9.17) is 0 Å². The van der Waals surface area contributed by atoms with Gasteiger partial charge >= 0.3 is 0 Å². The van der Waals surface area contributed by atoms with Crippen LogP contribution < -0.4 is 4.57 Å². The number of hydrogen-bond acceptors (Lipinski definition) is 0. The van der Waals surface area contributed by atoms with Gasteiger partial charge < -0.3 is 0 Å². The van der Waals surface area contributed by atoms with Gasteiger partial charge in [0.15, 0.2) is 18.4 Å². The molecule has 0 bridgehead atoms. The zero-order valence-corrected chi connectivity index (χ0v) is 12.5. The first-order chi connectivity index (χ1) is 8.74. The van der Waals surface area contributed by atoms with Crippen molar-refractivity contribution in [3.63, 3.8) is 0 Å². The van der Waals surface area contributed by atoms with Crippen LogP contribution >= 0.6 is 0 Å². The van der Waals surface area contributed by atoms with Gasteiger partial charge in [-0.05, 0) is 32.3 Å². The number of pyridine rings is 1. The molecule has 18 heavy (non-hydrogen) atoms. The molecular weight excluding hydrogens is 218 g/mol. The summed E-state index contributed by atoms with van der Waals surface area (Å²) in [6.45, 7) is 6.71. The van der Waals surface area contributed by atoms with Gasteiger partial charge in [-0.2, -0.15) is 0 Å². The Kier molecular flexibility index (Phi) is 7.71. The molecular formula is C17H30N+. The molecule has 0 aliphatic heterocycles. The van der Waals surface area contributed by atoms with Crippen molar-refractivity contribution in [3.05, 3.63) is 30.1 Å². The van der Waals surface area contributed by atoms with Crippen LogP contribution in [0.15, 0.2) is 24.5 Å². The molecule has 0 saturated carbocycles. The molecule has 1 rings (SSSR count). The van der Waals surface area contributed by atoms with Gasteiger partial charge in [-0.25, -0.2) is 4.57 Å². The lowest BCUT2D eigenvalue weighted by atomic mass is 10.1. The Morgan fingerprint density at radius 3 is 2.00 bits per heavy atom. The zero-order valence-electron chi connectivity index (χ0n) is 12.5. The highest BCUT2D eigenvalue weighted by molar-refractivity contribution is 5.07. The van der Waals surface area contributed by atoms with Crippen LogP contribution in [-0.4, -0.2) is 0 Å². The molecule has 0 radical (unpaired) electrons. The molecule has 1 heterocycles. The third-order valence-electron chi connectivity index (χ3n) is 3.59. The SMILES string of the molecule is CCCCCCCCCc1cc[n+](C(C)C)cc1. The Hall–Kier alpha value is -0.850. The number of aryl methyl sites for hydroxylation is 1. The number of rotatable bonds is 9. The normalized spacial score (nSPS) is 11.1. The summed E-state index contributed by atoms with van der Waals surface area (Å²) in [5.41, 5.74) is 1.49. The fraction of sp³-hybridized carbons (Fsp3) is 0.706. The zero-order chi connectivity index (χ0) is 13.2. The van der Waals surface area contributed by atoms with Crippen molar-refractivity contribution in [2.24, 2.45) is 0 Å². The fourth-order valence-electron chi connectivity index (χ4n) is 2.27. The van der Waals surface area contributed by atoms with Crippen molar-refractivity contribution >= 4 is 0 Å². The number of unbranched alkanes of at least 4 members (excludes halogenated alkanes) is 6. The van der Waals surface area contributed by atoms with Crippen LogP contribution in [0, 0.1) is 0 Å². The van der Waals surface area contributed by atoms with Crippen molar-refractivity contribution in [1.29, 1.82) is 0 Å². The molecule has 0 saturated heterocycles. The molecule has 0 aromatic carbocycles. The minimum atomic E-state index is 0.567. The molecule has 0 atom stereocenters. The van der Waals surface area contributed by atoms with E-state index in [9.17, 15) is 0 Å². The first kappa shape index (κ1) is 15.2. The molecule has 0 aliphatic rings. The third-order valence-corrected chi connectivity index (χ3v) is 3.59. The summed E-state index contributed by atoms with van der Waals surface area (Å²) in [5.74, 6) is 0. The maximum absolute atomic E-state index is 2.28. The molecule has 0 spiro atoms. The van der Waals surface area contributed by atoms with Gasteiger partial charge in [-0.3, -0.25) is 0 Å². The van der Waals surface area contributed by atoms with Crippen LogP contribution in [0.25, 0.3) is 0 Å². The smallest absolute Gasteiger partial charge is 0.169 e. The van der Waals surface area contributed by atoms with E-state index in [1.807, 2.05) is 0 Å². The van der Waals surface area contributed by atoms with Gasteiger partial charge in [0.1, 0.15) is 0 Å². The van der Waals surface area contributed by atoms with E-state index in [0.717, 1.165) is 0 Å². The highest BCUT2D eigenvalue weighted by Gasteiger charge is 2.04. The lowest BCUT2D eigenvalue weighted by Crippen LogP contribution is -2.34. The van der Waals surface area contributed by atoms with Crippen molar-refractivity contribution in [2.45, 2.75) is 78.2 Å². The lowest BCUT2D eigenvalue weighted by molar-refractivity contribution is -0.716. The van der Waals surface area contributed by atoms with E-state index >= 15 is 0 Å². The van der Waals surface area contributed by atoms with Crippen molar-refractivity contribution in [2.75, 3.05) is 0 Å². The Balaban J connectivity index is 2.12. The summed E-state index contributed by atoms with van der Waals surface area (Å²) >= 11 is 0. The summed E-state index contributed by atoms with van der Waals surface area (Å²) in [6, 6.07) is 5.12. The second-order valence-corrected chi connectivity index (χ2v) is 5.62. The van der Waals surface area contributed by atoms with Crippen molar-refractivity contribution in [3.8, 4) is 0 Å². The van der Waals surface area contributed by atoms with Crippen LogP contribution in [0.3, 0.4) is 0 Å². The van der Waals surface area contributed by atoms with Crippen LogP contribution in [0.1, 0.15) is 77.3 Å². The van der Waals surface area contributed by atoms with E-state index < -0.39 is 0 Å². The van der Waals surface area contributed by atoms with E-state index in [-0.39, 0.29) is 0 Å². The monoisotopic (exact) mass is 248 g/mol. The average molecular weight is 248 g/mol. The van der Waals surface area contributed by atoms with Crippen LogP contribution in [-0.2, 0) is 6.42 Å². The largest absolute Gasteiger partial charge is 0.203 e. The first-order valence-electron chi connectivity index (χ1n) is 7.73. The second-order valence-electron chi connectivity index (χ2n) is 5.62. The average Bonchev–Trinajstić information content (AvgIpc) is 2.38. The van der Waals surface area contributed by atoms with Gasteiger partial charge in [0.05, 0.1) is 0 Å². The molecule has 102 valence electrons. The molecule has 1 aromatic heterocycles. The Morgan fingerprint density at radius 2 is 1.44 bits per heavy atom. The highest BCUT2D eigenvalue weighted by Crippen LogP contribution is 2.10. The summed E-state index contributed by atoms with van der Waals surface area (Å²) < 4.78 is 2.26.